The van der Waals surface area contributed by atoms with Gasteiger partial charge in [0.1, 0.15) is 11.3 Å². The summed E-state index contributed by atoms with van der Waals surface area (Å²) < 4.78 is 1.65. The highest BCUT2D eigenvalue weighted by molar-refractivity contribution is 7.16. The van der Waals surface area contributed by atoms with Crippen LogP contribution in [0.3, 0.4) is 0 Å². The Morgan fingerprint density at radius 3 is 3.00 bits per heavy atom. The molecule has 0 aliphatic carbocycles. The summed E-state index contributed by atoms with van der Waals surface area (Å²) in [7, 11) is 0. The Morgan fingerprint density at radius 2 is 2.14 bits per heavy atom. The summed E-state index contributed by atoms with van der Waals surface area (Å²) in [4.78, 5) is 15.1. The third-order valence-corrected chi connectivity index (χ3v) is 4.94. The lowest BCUT2D eigenvalue weighted by Gasteiger charge is -2.28. The lowest BCUT2D eigenvalue weighted by molar-refractivity contribution is -0.132. The SMILES string of the molecule is O=C(CCc1nn2cnnc2s1)N1CCc2ccccc2C1. The maximum Gasteiger partial charge on any atom is 0.234 e. The molecule has 6 nitrogen and oxygen atoms in total. The molecule has 1 aromatic carbocycles. The number of benzene rings is 1. The molecular weight excluding hydrogens is 298 g/mol. The predicted molar refractivity (Wildman–Crippen MR) is 82.5 cm³/mol. The zero-order chi connectivity index (χ0) is 14.9. The van der Waals surface area contributed by atoms with Crippen LogP contribution in [-0.4, -0.2) is 37.2 Å². The molecule has 1 aliphatic rings. The summed E-state index contributed by atoms with van der Waals surface area (Å²) in [6.45, 7) is 1.53. The highest BCUT2D eigenvalue weighted by Crippen LogP contribution is 2.20. The molecule has 0 radical (unpaired) electrons. The van der Waals surface area contributed by atoms with Gasteiger partial charge < -0.3 is 4.90 Å². The van der Waals surface area contributed by atoms with E-state index in [2.05, 4.69) is 33.5 Å². The largest absolute Gasteiger partial charge is 0.338 e. The molecule has 0 bridgehead atoms. The first-order valence-corrected chi connectivity index (χ1v) is 8.11. The minimum Gasteiger partial charge on any atom is -0.338 e. The topological polar surface area (TPSA) is 63.4 Å². The Kier molecular flexibility index (Phi) is 3.34. The van der Waals surface area contributed by atoms with E-state index in [0.717, 1.165) is 29.5 Å². The third kappa shape index (κ3) is 2.48. The van der Waals surface area contributed by atoms with E-state index in [0.29, 0.717) is 12.8 Å². The summed E-state index contributed by atoms with van der Waals surface area (Å²) in [5, 5.41) is 13.0. The first-order chi connectivity index (χ1) is 10.8. The fraction of sp³-hybridized carbons (Fsp3) is 0.333. The minimum absolute atomic E-state index is 0.195. The van der Waals surface area contributed by atoms with Gasteiger partial charge in [-0.1, -0.05) is 35.6 Å². The summed E-state index contributed by atoms with van der Waals surface area (Å²) in [6, 6.07) is 8.35. The van der Waals surface area contributed by atoms with Crippen molar-refractivity contribution in [2.24, 2.45) is 0 Å². The van der Waals surface area contributed by atoms with Crippen LogP contribution in [0.5, 0.6) is 0 Å². The van der Waals surface area contributed by atoms with E-state index in [-0.39, 0.29) is 5.91 Å². The number of fused-ring (bicyclic) bond motifs is 2. The van der Waals surface area contributed by atoms with Gasteiger partial charge in [-0.05, 0) is 17.5 Å². The van der Waals surface area contributed by atoms with Gasteiger partial charge in [0.2, 0.25) is 10.9 Å². The molecule has 1 amide bonds. The first-order valence-electron chi connectivity index (χ1n) is 7.30. The smallest absolute Gasteiger partial charge is 0.234 e. The molecule has 0 fully saturated rings. The molecule has 0 atom stereocenters. The molecule has 3 heterocycles. The van der Waals surface area contributed by atoms with Crippen molar-refractivity contribution in [3.05, 3.63) is 46.7 Å². The van der Waals surface area contributed by atoms with Gasteiger partial charge in [0.25, 0.3) is 0 Å². The molecule has 0 saturated heterocycles. The average molecular weight is 313 g/mol. The van der Waals surface area contributed by atoms with Crippen LogP contribution >= 0.6 is 11.3 Å². The fourth-order valence-corrected chi connectivity index (χ4v) is 3.60. The monoisotopic (exact) mass is 313 g/mol. The molecule has 0 N–H and O–H groups in total. The van der Waals surface area contributed by atoms with Crippen LogP contribution in [0, 0.1) is 0 Å². The summed E-state index contributed by atoms with van der Waals surface area (Å²) in [5.74, 6) is 0.195. The van der Waals surface area contributed by atoms with E-state index in [9.17, 15) is 4.79 Å². The number of nitrogens with zero attached hydrogens (tertiary/aromatic N) is 5. The highest BCUT2D eigenvalue weighted by atomic mass is 32.1. The maximum atomic E-state index is 12.4. The normalized spacial score (nSPS) is 14.3. The Hall–Kier alpha value is -2.28. The molecule has 3 aromatic rings. The van der Waals surface area contributed by atoms with Crippen molar-refractivity contribution in [3.8, 4) is 0 Å². The van der Waals surface area contributed by atoms with Crippen LogP contribution in [0.4, 0.5) is 0 Å². The van der Waals surface area contributed by atoms with Gasteiger partial charge >= 0.3 is 0 Å². The van der Waals surface area contributed by atoms with Crippen LogP contribution in [-0.2, 0) is 24.2 Å². The fourth-order valence-electron chi connectivity index (χ4n) is 2.78. The van der Waals surface area contributed by atoms with Gasteiger partial charge in [-0.3, -0.25) is 4.79 Å². The molecule has 1 aliphatic heterocycles. The molecular formula is C15H15N5OS. The van der Waals surface area contributed by atoms with Crippen LogP contribution < -0.4 is 0 Å². The van der Waals surface area contributed by atoms with Crippen molar-refractivity contribution in [1.29, 1.82) is 0 Å². The van der Waals surface area contributed by atoms with Crippen molar-refractivity contribution in [1.82, 2.24) is 24.7 Å². The minimum atomic E-state index is 0.195. The molecule has 0 saturated carbocycles. The number of carbonyl (C=O) groups is 1. The summed E-state index contributed by atoms with van der Waals surface area (Å²) in [6.07, 6.45) is 3.68. The molecule has 0 unspecified atom stereocenters. The number of carbonyl (C=O) groups excluding carboxylic acids is 1. The number of rotatable bonds is 3. The molecule has 22 heavy (non-hydrogen) atoms. The molecule has 2 aromatic heterocycles. The van der Waals surface area contributed by atoms with Crippen LogP contribution in [0.2, 0.25) is 0 Å². The van der Waals surface area contributed by atoms with Gasteiger partial charge in [-0.15, -0.1) is 10.2 Å². The first kappa shape index (κ1) is 13.4. The Bertz CT molecular complexity index is 796. The van der Waals surface area contributed by atoms with Crippen molar-refractivity contribution in [2.45, 2.75) is 25.8 Å². The second-order valence-corrected chi connectivity index (χ2v) is 6.43. The average Bonchev–Trinajstić information content (AvgIpc) is 3.13. The van der Waals surface area contributed by atoms with Gasteiger partial charge in [0, 0.05) is 25.9 Å². The zero-order valence-electron chi connectivity index (χ0n) is 12.0. The molecule has 7 heteroatoms. The molecule has 4 rings (SSSR count). The number of hydrogen-bond donors (Lipinski definition) is 0. The van der Waals surface area contributed by atoms with E-state index < -0.39 is 0 Å². The molecule has 112 valence electrons. The van der Waals surface area contributed by atoms with E-state index in [1.807, 2.05) is 11.0 Å². The van der Waals surface area contributed by atoms with Crippen molar-refractivity contribution in [3.63, 3.8) is 0 Å². The third-order valence-electron chi connectivity index (χ3n) is 3.96. The lowest BCUT2D eigenvalue weighted by Crippen LogP contribution is -2.36. The Balaban J connectivity index is 1.39. The van der Waals surface area contributed by atoms with Gasteiger partial charge in [-0.2, -0.15) is 9.61 Å². The number of aryl methyl sites for hydroxylation is 1. The predicted octanol–water partition coefficient (Wildman–Crippen LogP) is 1.70. The van der Waals surface area contributed by atoms with Gasteiger partial charge in [0.15, 0.2) is 0 Å². The number of hydrogen-bond acceptors (Lipinski definition) is 5. The zero-order valence-corrected chi connectivity index (χ0v) is 12.8. The van der Waals surface area contributed by atoms with Crippen LogP contribution in [0.25, 0.3) is 4.96 Å². The van der Waals surface area contributed by atoms with Crippen molar-refractivity contribution >= 4 is 22.2 Å². The lowest BCUT2D eigenvalue weighted by atomic mass is 9.99. The van der Waals surface area contributed by atoms with Gasteiger partial charge in [-0.25, -0.2) is 0 Å². The van der Waals surface area contributed by atoms with Crippen molar-refractivity contribution < 1.29 is 4.79 Å². The van der Waals surface area contributed by atoms with Gasteiger partial charge in [0.05, 0.1) is 0 Å². The van der Waals surface area contributed by atoms with E-state index in [1.54, 1.807) is 10.8 Å². The summed E-state index contributed by atoms with van der Waals surface area (Å²) >= 11 is 1.49. The molecule has 0 spiro atoms. The second-order valence-electron chi connectivity index (χ2n) is 5.39. The van der Waals surface area contributed by atoms with Crippen LogP contribution in [0.15, 0.2) is 30.6 Å². The van der Waals surface area contributed by atoms with E-state index >= 15 is 0 Å². The Labute approximate surface area is 131 Å². The standard InChI is InChI=1S/C15H15N5OS/c21-14(6-5-13-18-20-10-16-17-15(20)22-13)19-8-7-11-3-1-2-4-12(11)9-19/h1-4,10H,5-9H2. The maximum absolute atomic E-state index is 12.4. The highest BCUT2D eigenvalue weighted by Gasteiger charge is 2.20. The summed E-state index contributed by atoms with van der Waals surface area (Å²) in [5.41, 5.74) is 2.63. The second kappa shape index (κ2) is 5.49. The van der Waals surface area contributed by atoms with Crippen LogP contribution in [0.1, 0.15) is 22.6 Å². The number of aromatic nitrogens is 4. The van der Waals surface area contributed by atoms with E-state index in [1.165, 1.54) is 22.5 Å². The van der Waals surface area contributed by atoms with E-state index in [4.69, 9.17) is 0 Å². The number of amides is 1. The quantitative estimate of drug-likeness (QED) is 0.738. The Morgan fingerprint density at radius 1 is 1.27 bits per heavy atom. The van der Waals surface area contributed by atoms with Crippen molar-refractivity contribution in [2.75, 3.05) is 6.54 Å².